The predicted molar refractivity (Wildman–Crippen MR) is 61.4 cm³/mol. The number of halogens is 4. The van der Waals surface area contributed by atoms with Crippen molar-refractivity contribution in [2.24, 2.45) is 0 Å². The first-order valence-corrected chi connectivity index (χ1v) is 5.35. The Bertz CT molecular complexity index is 780. The molecule has 96 valence electrons. The molecule has 0 amide bonds. The molecule has 0 fully saturated rings. The van der Waals surface area contributed by atoms with Crippen LogP contribution in [0.5, 0.6) is 0 Å². The van der Waals surface area contributed by atoms with Crippen molar-refractivity contribution < 1.29 is 17.6 Å². The standard InChI is InChI=1S/C13H6F4N2/c14-6-1-2-8(15)7(5-6)13-18-10-4-3-9(16)11(17)12(10)19-13/h1-5H,(H,18,19). The fourth-order valence-electron chi connectivity index (χ4n) is 1.82. The van der Waals surface area contributed by atoms with Gasteiger partial charge in [-0.2, -0.15) is 0 Å². The van der Waals surface area contributed by atoms with E-state index in [1.54, 1.807) is 0 Å². The zero-order chi connectivity index (χ0) is 13.6. The number of aromatic amines is 1. The quantitative estimate of drug-likeness (QED) is 0.667. The second-order valence-corrected chi connectivity index (χ2v) is 3.97. The van der Waals surface area contributed by atoms with Crippen LogP contribution in [0.1, 0.15) is 0 Å². The molecular formula is C13H6F4N2. The van der Waals surface area contributed by atoms with E-state index in [1.807, 2.05) is 0 Å². The van der Waals surface area contributed by atoms with Crippen molar-refractivity contribution in [3.05, 3.63) is 53.6 Å². The smallest absolute Gasteiger partial charge is 0.186 e. The number of rotatable bonds is 1. The molecule has 0 saturated heterocycles. The molecule has 0 aliphatic carbocycles. The van der Waals surface area contributed by atoms with Crippen molar-refractivity contribution in [1.82, 2.24) is 9.97 Å². The first-order valence-electron chi connectivity index (χ1n) is 5.35. The minimum atomic E-state index is -1.13. The number of imidazole rings is 1. The zero-order valence-corrected chi connectivity index (χ0v) is 9.35. The first kappa shape index (κ1) is 11.7. The Hall–Kier alpha value is -2.37. The summed E-state index contributed by atoms with van der Waals surface area (Å²) in [5, 5.41) is 0. The van der Waals surface area contributed by atoms with Crippen molar-refractivity contribution in [3.63, 3.8) is 0 Å². The third kappa shape index (κ3) is 1.85. The van der Waals surface area contributed by atoms with Gasteiger partial charge in [0.25, 0.3) is 0 Å². The van der Waals surface area contributed by atoms with Gasteiger partial charge >= 0.3 is 0 Å². The summed E-state index contributed by atoms with van der Waals surface area (Å²) in [6, 6.07) is 5.04. The monoisotopic (exact) mass is 266 g/mol. The summed E-state index contributed by atoms with van der Waals surface area (Å²) in [5.41, 5.74) is -0.188. The Labute approximate surface area is 104 Å². The molecule has 3 aromatic rings. The van der Waals surface area contributed by atoms with Crippen LogP contribution in [0, 0.1) is 23.3 Å². The van der Waals surface area contributed by atoms with E-state index in [1.165, 1.54) is 6.07 Å². The molecule has 0 spiro atoms. The maximum atomic E-state index is 13.6. The van der Waals surface area contributed by atoms with Gasteiger partial charge in [0.1, 0.15) is 23.0 Å². The van der Waals surface area contributed by atoms with E-state index in [4.69, 9.17) is 0 Å². The van der Waals surface area contributed by atoms with Crippen molar-refractivity contribution in [3.8, 4) is 11.4 Å². The highest BCUT2D eigenvalue weighted by Gasteiger charge is 2.15. The maximum absolute atomic E-state index is 13.6. The summed E-state index contributed by atoms with van der Waals surface area (Å²) in [5.74, 6) is -3.59. The molecule has 1 N–H and O–H groups in total. The van der Waals surface area contributed by atoms with Gasteiger partial charge in [-0.1, -0.05) is 0 Å². The molecule has 6 heteroatoms. The fourth-order valence-corrected chi connectivity index (χ4v) is 1.82. The van der Waals surface area contributed by atoms with Gasteiger partial charge in [-0.05, 0) is 30.3 Å². The Morgan fingerprint density at radius 2 is 1.63 bits per heavy atom. The third-order valence-electron chi connectivity index (χ3n) is 2.73. The molecule has 0 bridgehead atoms. The summed E-state index contributed by atoms with van der Waals surface area (Å²) in [6.45, 7) is 0. The zero-order valence-electron chi connectivity index (χ0n) is 9.35. The SMILES string of the molecule is Fc1ccc(F)c(-c2nc3c(F)c(F)ccc3[nH]2)c1. The van der Waals surface area contributed by atoms with Crippen LogP contribution < -0.4 is 0 Å². The van der Waals surface area contributed by atoms with Gasteiger partial charge < -0.3 is 4.98 Å². The third-order valence-corrected chi connectivity index (χ3v) is 2.73. The van der Waals surface area contributed by atoms with E-state index in [0.717, 1.165) is 24.3 Å². The highest BCUT2D eigenvalue weighted by molar-refractivity contribution is 5.80. The summed E-state index contributed by atoms with van der Waals surface area (Å²) in [6.07, 6.45) is 0. The van der Waals surface area contributed by atoms with E-state index in [-0.39, 0.29) is 22.4 Å². The molecule has 0 atom stereocenters. The number of H-pyrrole nitrogens is 1. The number of hydrogen-bond acceptors (Lipinski definition) is 1. The molecule has 1 heterocycles. The van der Waals surface area contributed by atoms with Crippen LogP contribution in [0.15, 0.2) is 30.3 Å². The van der Waals surface area contributed by atoms with E-state index in [0.29, 0.717) is 0 Å². The van der Waals surface area contributed by atoms with Crippen LogP contribution in [0.4, 0.5) is 17.6 Å². The summed E-state index contributed by atoms with van der Waals surface area (Å²) in [7, 11) is 0. The molecule has 0 unspecified atom stereocenters. The highest BCUT2D eigenvalue weighted by atomic mass is 19.2. The van der Waals surface area contributed by atoms with Gasteiger partial charge in [0, 0.05) is 0 Å². The highest BCUT2D eigenvalue weighted by Crippen LogP contribution is 2.25. The lowest BCUT2D eigenvalue weighted by molar-refractivity contribution is 0.515. The maximum Gasteiger partial charge on any atom is 0.186 e. The van der Waals surface area contributed by atoms with E-state index in [2.05, 4.69) is 9.97 Å². The van der Waals surface area contributed by atoms with Crippen molar-refractivity contribution in [2.75, 3.05) is 0 Å². The average molecular weight is 266 g/mol. The predicted octanol–water partition coefficient (Wildman–Crippen LogP) is 3.79. The van der Waals surface area contributed by atoms with E-state index >= 15 is 0 Å². The average Bonchev–Trinajstić information content (AvgIpc) is 2.81. The number of aromatic nitrogens is 2. The largest absolute Gasteiger partial charge is 0.338 e. The van der Waals surface area contributed by atoms with Gasteiger partial charge in [0.2, 0.25) is 0 Å². The van der Waals surface area contributed by atoms with E-state index < -0.39 is 23.3 Å². The number of nitrogens with zero attached hydrogens (tertiary/aromatic N) is 1. The van der Waals surface area contributed by atoms with Crippen LogP contribution in [0.2, 0.25) is 0 Å². The van der Waals surface area contributed by atoms with Crippen LogP contribution in [-0.4, -0.2) is 9.97 Å². The van der Waals surface area contributed by atoms with Crippen LogP contribution >= 0.6 is 0 Å². The minimum absolute atomic E-state index is 0.0588. The van der Waals surface area contributed by atoms with E-state index in [9.17, 15) is 17.6 Å². The second-order valence-electron chi connectivity index (χ2n) is 3.97. The molecule has 0 saturated carbocycles. The Kier molecular flexibility index (Phi) is 2.51. The van der Waals surface area contributed by atoms with Gasteiger partial charge in [0.05, 0.1) is 11.1 Å². The van der Waals surface area contributed by atoms with Gasteiger partial charge in [-0.15, -0.1) is 0 Å². The van der Waals surface area contributed by atoms with Crippen molar-refractivity contribution in [1.29, 1.82) is 0 Å². The summed E-state index contributed by atoms with van der Waals surface area (Å²) < 4.78 is 53.2. The molecule has 1 aromatic heterocycles. The number of fused-ring (bicyclic) bond motifs is 1. The van der Waals surface area contributed by atoms with Crippen molar-refractivity contribution >= 4 is 11.0 Å². The number of benzene rings is 2. The normalized spacial score (nSPS) is 11.2. The van der Waals surface area contributed by atoms with Crippen molar-refractivity contribution in [2.45, 2.75) is 0 Å². The molecule has 0 aliphatic heterocycles. The lowest BCUT2D eigenvalue weighted by Gasteiger charge is -1.98. The van der Waals surface area contributed by atoms with Crippen LogP contribution in [0.25, 0.3) is 22.4 Å². The molecule has 0 radical (unpaired) electrons. The first-order chi connectivity index (χ1) is 9.06. The molecule has 3 rings (SSSR count). The fraction of sp³-hybridized carbons (Fsp3) is 0. The molecule has 0 aliphatic rings. The number of hydrogen-bond donors (Lipinski definition) is 1. The lowest BCUT2D eigenvalue weighted by atomic mass is 10.2. The Morgan fingerprint density at radius 1 is 0.895 bits per heavy atom. The Balaban J connectivity index is 2.26. The topological polar surface area (TPSA) is 28.7 Å². The molecule has 2 nitrogen and oxygen atoms in total. The molecule has 2 aromatic carbocycles. The van der Waals surface area contributed by atoms with Gasteiger partial charge in [-0.3, -0.25) is 0 Å². The van der Waals surface area contributed by atoms with Gasteiger partial charge in [-0.25, -0.2) is 22.5 Å². The second kappa shape index (κ2) is 4.08. The summed E-state index contributed by atoms with van der Waals surface area (Å²) in [4.78, 5) is 6.39. The molecular weight excluding hydrogens is 260 g/mol. The Morgan fingerprint density at radius 3 is 2.42 bits per heavy atom. The number of nitrogens with one attached hydrogen (secondary N) is 1. The van der Waals surface area contributed by atoms with Crippen LogP contribution in [0.3, 0.4) is 0 Å². The lowest BCUT2D eigenvalue weighted by Crippen LogP contribution is -1.88. The summed E-state index contributed by atoms with van der Waals surface area (Å²) >= 11 is 0. The van der Waals surface area contributed by atoms with Gasteiger partial charge in [0.15, 0.2) is 11.6 Å². The minimum Gasteiger partial charge on any atom is -0.338 e. The molecule has 19 heavy (non-hydrogen) atoms. The van der Waals surface area contributed by atoms with Crippen LogP contribution in [-0.2, 0) is 0 Å².